The van der Waals surface area contributed by atoms with Gasteiger partial charge in [-0.25, -0.2) is 0 Å². The van der Waals surface area contributed by atoms with Crippen LogP contribution < -0.4 is 4.57 Å². The summed E-state index contributed by atoms with van der Waals surface area (Å²) in [5.74, 6) is 0. The molecule has 0 amide bonds. The normalized spacial score (nSPS) is 11.9. The van der Waals surface area contributed by atoms with Crippen molar-refractivity contribution in [3.8, 4) is 0 Å². The van der Waals surface area contributed by atoms with Crippen molar-refractivity contribution in [2.75, 3.05) is 31.4 Å². The Hall–Kier alpha value is -0.666. The standard InChI is InChI=1S/C13H23NSi.C6H16O3Si/c1-13(2,3)15(5,6)14(4)12-10-8-7-9-11-12;1-4-7-10(8-5-2)9-6-3/h7-11H,1-6H3;10H,4-6H2,1-3H3. The third kappa shape index (κ3) is 8.51. The summed E-state index contributed by atoms with van der Waals surface area (Å²) in [6.45, 7) is 19.8. The van der Waals surface area contributed by atoms with Crippen LogP contribution in [0.4, 0.5) is 5.69 Å². The highest BCUT2D eigenvalue weighted by molar-refractivity contribution is 6.83. The van der Waals surface area contributed by atoms with Crippen molar-refractivity contribution in [1.29, 1.82) is 0 Å². The van der Waals surface area contributed by atoms with Crippen LogP contribution in [0.15, 0.2) is 30.3 Å². The van der Waals surface area contributed by atoms with Gasteiger partial charge in [-0.3, -0.25) is 0 Å². The molecule has 0 bridgehead atoms. The average Bonchev–Trinajstić information content (AvgIpc) is 2.55. The third-order valence-electron chi connectivity index (χ3n) is 4.73. The Labute approximate surface area is 158 Å². The second-order valence-corrected chi connectivity index (χ2v) is 14.2. The first-order chi connectivity index (χ1) is 11.6. The highest BCUT2D eigenvalue weighted by atomic mass is 28.3. The molecule has 0 unspecified atom stereocenters. The average molecular weight is 386 g/mol. The maximum atomic E-state index is 5.22. The van der Waals surface area contributed by atoms with Gasteiger partial charge in [-0.15, -0.1) is 0 Å². The van der Waals surface area contributed by atoms with E-state index in [0.29, 0.717) is 24.9 Å². The fraction of sp³-hybridized carbons (Fsp3) is 0.684. The Morgan fingerprint density at radius 1 is 0.880 bits per heavy atom. The Morgan fingerprint density at radius 3 is 1.60 bits per heavy atom. The van der Waals surface area contributed by atoms with Crippen LogP contribution in [0.3, 0.4) is 0 Å². The second-order valence-electron chi connectivity index (χ2n) is 7.36. The lowest BCUT2D eigenvalue weighted by atomic mass is 10.2. The molecular weight excluding hydrogens is 346 g/mol. The minimum absolute atomic E-state index is 0.386. The molecule has 6 heteroatoms. The number of hydrogen-bond acceptors (Lipinski definition) is 4. The van der Waals surface area contributed by atoms with E-state index in [1.165, 1.54) is 5.69 Å². The van der Waals surface area contributed by atoms with E-state index in [4.69, 9.17) is 13.3 Å². The summed E-state index contributed by atoms with van der Waals surface area (Å²) in [6, 6.07) is 10.7. The van der Waals surface area contributed by atoms with Gasteiger partial charge >= 0.3 is 9.53 Å². The van der Waals surface area contributed by atoms with Crippen molar-refractivity contribution in [3.05, 3.63) is 30.3 Å². The molecule has 25 heavy (non-hydrogen) atoms. The summed E-state index contributed by atoms with van der Waals surface area (Å²) in [5, 5.41) is 0.386. The fourth-order valence-electron chi connectivity index (χ4n) is 2.03. The zero-order chi connectivity index (χ0) is 19.5. The van der Waals surface area contributed by atoms with E-state index in [2.05, 4.69) is 75.8 Å². The molecule has 0 saturated heterocycles. The summed E-state index contributed by atoms with van der Waals surface area (Å²) in [6.07, 6.45) is 0. The van der Waals surface area contributed by atoms with E-state index >= 15 is 0 Å². The molecule has 1 aromatic rings. The van der Waals surface area contributed by atoms with Gasteiger partial charge in [-0.1, -0.05) is 52.1 Å². The van der Waals surface area contributed by atoms with E-state index in [0.717, 1.165) is 0 Å². The molecule has 4 nitrogen and oxygen atoms in total. The predicted octanol–water partition coefficient (Wildman–Crippen LogP) is 4.94. The first kappa shape index (κ1) is 24.3. The summed E-state index contributed by atoms with van der Waals surface area (Å²) < 4.78 is 18.1. The number of rotatable bonds is 8. The number of anilines is 1. The maximum absolute atomic E-state index is 5.22. The second kappa shape index (κ2) is 11.9. The van der Waals surface area contributed by atoms with Gasteiger partial charge in [0.2, 0.25) is 0 Å². The van der Waals surface area contributed by atoms with Crippen LogP contribution in [0.25, 0.3) is 0 Å². The predicted molar refractivity (Wildman–Crippen MR) is 114 cm³/mol. The van der Waals surface area contributed by atoms with E-state index in [1.807, 2.05) is 20.8 Å². The molecule has 1 rings (SSSR count). The zero-order valence-corrected chi connectivity index (χ0v) is 19.9. The van der Waals surface area contributed by atoms with Crippen LogP contribution in [0, 0.1) is 0 Å². The van der Waals surface area contributed by atoms with Crippen molar-refractivity contribution < 1.29 is 13.3 Å². The van der Waals surface area contributed by atoms with Gasteiger partial charge in [-0.05, 0) is 45.0 Å². The van der Waals surface area contributed by atoms with Gasteiger partial charge in [0.25, 0.3) is 0 Å². The lowest BCUT2D eigenvalue weighted by Gasteiger charge is -2.45. The Morgan fingerprint density at radius 2 is 1.28 bits per heavy atom. The smallest absolute Gasteiger partial charge is 0.400 e. The number of nitrogens with zero attached hydrogens (tertiary/aromatic N) is 1. The summed E-state index contributed by atoms with van der Waals surface area (Å²) in [5.41, 5.74) is 1.34. The van der Waals surface area contributed by atoms with Crippen LogP contribution in [-0.2, 0) is 13.3 Å². The molecule has 0 aliphatic heterocycles. The van der Waals surface area contributed by atoms with Crippen LogP contribution in [-0.4, -0.2) is 44.6 Å². The monoisotopic (exact) mass is 385 g/mol. The Kier molecular flexibility index (Phi) is 11.5. The van der Waals surface area contributed by atoms with E-state index in [1.54, 1.807) is 0 Å². The quantitative estimate of drug-likeness (QED) is 0.593. The van der Waals surface area contributed by atoms with Gasteiger partial charge in [-0.2, -0.15) is 0 Å². The molecule has 0 spiro atoms. The Bertz CT molecular complexity index is 435. The topological polar surface area (TPSA) is 30.9 Å². The van der Waals surface area contributed by atoms with Crippen molar-refractivity contribution >= 4 is 23.5 Å². The van der Waals surface area contributed by atoms with Crippen LogP contribution >= 0.6 is 0 Å². The molecule has 0 radical (unpaired) electrons. The number of benzene rings is 1. The molecule has 0 aliphatic carbocycles. The summed E-state index contributed by atoms with van der Waals surface area (Å²) in [7, 11) is -0.921. The molecular formula is C19H39NO3Si2. The molecule has 0 aliphatic rings. The summed E-state index contributed by atoms with van der Waals surface area (Å²) >= 11 is 0. The first-order valence-corrected chi connectivity index (χ1v) is 13.6. The highest BCUT2D eigenvalue weighted by Gasteiger charge is 2.39. The largest absolute Gasteiger partial charge is 0.484 e. The number of para-hydroxylation sites is 1. The van der Waals surface area contributed by atoms with Crippen molar-refractivity contribution in [3.63, 3.8) is 0 Å². The lowest BCUT2D eigenvalue weighted by molar-refractivity contribution is 0.107. The number of hydrogen-bond donors (Lipinski definition) is 0. The van der Waals surface area contributed by atoms with Crippen LogP contribution in [0.5, 0.6) is 0 Å². The SMILES string of the molecule is CCO[SiH](OCC)OCC.CN(c1ccccc1)[Si](C)(C)C(C)(C)C. The van der Waals surface area contributed by atoms with Crippen molar-refractivity contribution in [2.45, 2.75) is 59.7 Å². The molecule has 146 valence electrons. The molecule has 0 N–H and O–H groups in total. The molecule has 0 saturated carbocycles. The van der Waals surface area contributed by atoms with E-state index in [-0.39, 0.29) is 0 Å². The fourth-order valence-corrected chi connectivity index (χ4v) is 4.94. The minimum Gasteiger partial charge on any atom is -0.400 e. The third-order valence-corrected chi connectivity index (χ3v) is 12.1. The summed E-state index contributed by atoms with van der Waals surface area (Å²) in [4.78, 5) is 0. The van der Waals surface area contributed by atoms with Gasteiger partial charge in [0, 0.05) is 25.5 Å². The Balaban J connectivity index is 0.000000504. The highest BCUT2D eigenvalue weighted by Crippen LogP contribution is 2.39. The van der Waals surface area contributed by atoms with Gasteiger partial charge in [0.05, 0.1) is 0 Å². The van der Waals surface area contributed by atoms with Crippen LogP contribution in [0.2, 0.25) is 18.1 Å². The first-order valence-electron chi connectivity index (χ1n) is 9.25. The molecule has 0 fully saturated rings. The molecule has 0 atom stereocenters. The molecule has 0 aromatic heterocycles. The van der Waals surface area contributed by atoms with E-state index in [9.17, 15) is 0 Å². The van der Waals surface area contributed by atoms with Gasteiger partial charge in [0.1, 0.15) is 0 Å². The molecule has 1 aromatic carbocycles. The maximum Gasteiger partial charge on any atom is 0.484 e. The van der Waals surface area contributed by atoms with Crippen molar-refractivity contribution in [2.24, 2.45) is 0 Å². The lowest BCUT2D eigenvalue weighted by Crippen LogP contribution is -2.53. The minimum atomic E-state index is -1.73. The van der Waals surface area contributed by atoms with Crippen LogP contribution in [0.1, 0.15) is 41.5 Å². The zero-order valence-electron chi connectivity index (χ0n) is 17.8. The van der Waals surface area contributed by atoms with Gasteiger partial charge in [0.15, 0.2) is 8.24 Å². The molecule has 0 heterocycles. The van der Waals surface area contributed by atoms with Crippen molar-refractivity contribution in [1.82, 2.24) is 0 Å². The van der Waals surface area contributed by atoms with Gasteiger partial charge < -0.3 is 17.8 Å². The van der Waals surface area contributed by atoms with E-state index < -0.39 is 17.8 Å².